The molecule has 7 aromatic carbocycles. The number of benzene rings is 7. The molecule has 0 radical (unpaired) electrons. The van der Waals surface area contributed by atoms with Crippen LogP contribution in [0.1, 0.15) is 321 Å². The predicted octanol–water partition coefficient (Wildman–Crippen LogP) is 23.9. The molecule has 7 aromatic rings. The van der Waals surface area contributed by atoms with Crippen molar-refractivity contribution in [3.8, 4) is 71.0 Å². The van der Waals surface area contributed by atoms with Gasteiger partial charge in [-0.15, -0.1) is 0 Å². The zero-order valence-electron chi connectivity index (χ0n) is 59.3. The van der Waals surface area contributed by atoms with Gasteiger partial charge >= 0.3 is 0 Å². The fourth-order valence-corrected chi connectivity index (χ4v) is 12.0. The molecule has 0 heteroatoms. The van der Waals surface area contributed by atoms with Gasteiger partial charge in [0.1, 0.15) is 0 Å². The molecule has 0 aromatic heterocycles. The lowest BCUT2D eigenvalue weighted by Gasteiger charge is -2.11. The maximum absolute atomic E-state index is 3.64. The van der Waals surface area contributed by atoms with E-state index in [0.29, 0.717) is 0 Å². The summed E-state index contributed by atoms with van der Waals surface area (Å²) in [5, 5.41) is 0. The molecule has 0 aliphatic heterocycles. The molecular weight excluding hydrogens is 1130 g/mol. The van der Waals surface area contributed by atoms with Crippen LogP contribution < -0.4 is 0 Å². The van der Waals surface area contributed by atoms with Crippen molar-refractivity contribution in [1.82, 2.24) is 0 Å². The molecule has 7 rings (SSSR count). The molecule has 0 amide bonds. The molecule has 0 bridgehead atoms. The Hall–Kier alpha value is -8.10. The van der Waals surface area contributed by atoms with E-state index in [-0.39, 0.29) is 0 Å². The second-order valence-electron chi connectivity index (χ2n) is 26.2. The first-order chi connectivity index (χ1) is 46.3. The molecule has 486 valence electrons. The summed E-state index contributed by atoms with van der Waals surface area (Å²) >= 11 is 0. The Balaban J connectivity index is 1.07. The third kappa shape index (κ3) is 25.7. The number of aryl methyl sites for hydroxylation is 8. The van der Waals surface area contributed by atoms with Gasteiger partial charge in [0.2, 0.25) is 0 Å². The summed E-state index contributed by atoms with van der Waals surface area (Å²) in [7, 11) is 0. The third-order valence-electron chi connectivity index (χ3n) is 18.1. The van der Waals surface area contributed by atoms with Crippen molar-refractivity contribution in [2.24, 2.45) is 0 Å². The largest absolute Gasteiger partial charge is 0.0654 e. The SMILES string of the molecule is CCCCCCCCc1ccc(C#Cc2cc(CCCC)c(C#Cc3ccc(C#Cc4cc(CCCC)c(C#Cc5ccc(C#Cc6cc(CCCC)c(C#Cc7ccc(CCCCCCCC)cc7)cc6CCCC)cc5)cc4CCCC)cc3)cc2CCCC)cc1. The van der Waals surface area contributed by atoms with Crippen LogP contribution in [0.4, 0.5) is 0 Å². The van der Waals surface area contributed by atoms with Crippen LogP contribution in [0, 0.1) is 71.0 Å². The van der Waals surface area contributed by atoms with E-state index in [0.717, 1.165) is 195 Å². The highest BCUT2D eigenvalue weighted by Crippen LogP contribution is 2.26. The zero-order chi connectivity index (χ0) is 66.2. The minimum atomic E-state index is 0.969. The number of rotatable bonds is 32. The summed E-state index contributed by atoms with van der Waals surface area (Å²) in [4.78, 5) is 0. The van der Waals surface area contributed by atoms with Crippen molar-refractivity contribution in [2.45, 2.75) is 261 Å². The quantitative estimate of drug-likeness (QED) is 0.0291. The monoisotopic (exact) mass is 1240 g/mol. The van der Waals surface area contributed by atoms with Crippen LogP contribution in [-0.4, -0.2) is 0 Å². The number of hydrogen-bond acceptors (Lipinski definition) is 0. The molecule has 0 spiro atoms. The third-order valence-corrected chi connectivity index (χ3v) is 18.1. The summed E-state index contributed by atoms with van der Waals surface area (Å²) < 4.78 is 0. The first-order valence-corrected chi connectivity index (χ1v) is 37.2. The molecule has 0 unspecified atom stereocenters. The van der Waals surface area contributed by atoms with Crippen LogP contribution in [0.25, 0.3) is 0 Å². The lowest BCUT2D eigenvalue weighted by molar-refractivity contribution is 0.607. The fourth-order valence-electron chi connectivity index (χ4n) is 12.0. The van der Waals surface area contributed by atoms with Gasteiger partial charge in [-0.3, -0.25) is 0 Å². The Bertz CT molecular complexity index is 3570. The van der Waals surface area contributed by atoms with Gasteiger partial charge in [0.15, 0.2) is 0 Å². The van der Waals surface area contributed by atoms with Gasteiger partial charge in [-0.1, -0.05) is 253 Å². The number of hydrogen-bond donors (Lipinski definition) is 0. The molecule has 94 heavy (non-hydrogen) atoms. The van der Waals surface area contributed by atoms with Gasteiger partial charge in [-0.2, -0.15) is 0 Å². The minimum absolute atomic E-state index is 0.969. The average molecular weight is 1240 g/mol. The highest BCUT2D eigenvalue weighted by Gasteiger charge is 2.13. The van der Waals surface area contributed by atoms with Gasteiger partial charge in [0.25, 0.3) is 0 Å². The van der Waals surface area contributed by atoms with Crippen molar-refractivity contribution < 1.29 is 0 Å². The van der Waals surface area contributed by atoms with E-state index in [1.54, 1.807) is 0 Å². The van der Waals surface area contributed by atoms with Gasteiger partial charge in [-0.05, 0) is 256 Å². The topological polar surface area (TPSA) is 0 Å². The van der Waals surface area contributed by atoms with E-state index in [4.69, 9.17) is 0 Å². The smallest absolute Gasteiger partial charge is 0.0284 e. The molecule has 0 aliphatic rings. The van der Waals surface area contributed by atoms with E-state index in [1.165, 1.54) is 122 Å². The lowest BCUT2D eigenvalue weighted by atomic mass is 9.92. The highest BCUT2D eigenvalue weighted by atomic mass is 14.2. The first kappa shape index (κ1) is 73.3. The van der Waals surface area contributed by atoms with Crippen molar-refractivity contribution in [3.05, 3.63) is 245 Å². The predicted molar refractivity (Wildman–Crippen MR) is 407 cm³/mol. The normalized spacial score (nSPS) is 10.6. The summed E-state index contributed by atoms with van der Waals surface area (Å²) in [6.45, 7) is 18.2. The highest BCUT2D eigenvalue weighted by molar-refractivity contribution is 5.60. The van der Waals surface area contributed by atoms with E-state index in [1.807, 2.05) is 0 Å². The van der Waals surface area contributed by atoms with E-state index in [9.17, 15) is 0 Å². The molecule has 0 atom stereocenters. The van der Waals surface area contributed by atoms with Gasteiger partial charge < -0.3 is 0 Å². The fraction of sp³-hybridized carbons (Fsp3) is 0.426. The summed E-state index contributed by atoms with van der Waals surface area (Å²) in [5.74, 6) is 43.1. The van der Waals surface area contributed by atoms with E-state index >= 15 is 0 Å². The van der Waals surface area contributed by atoms with Crippen molar-refractivity contribution in [2.75, 3.05) is 0 Å². The molecule has 0 N–H and O–H groups in total. The van der Waals surface area contributed by atoms with Gasteiger partial charge in [0, 0.05) is 66.8 Å². The Morgan fingerprint density at radius 3 is 0.532 bits per heavy atom. The summed E-state index contributed by atoms with van der Waals surface area (Å²) in [6.07, 6.45) is 37.6. The van der Waals surface area contributed by atoms with Crippen molar-refractivity contribution in [3.63, 3.8) is 0 Å². The molecule has 0 saturated carbocycles. The van der Waals surface area contributed by atoms with Crippen LogP contribution in [0.5, 0.6) is 0 Å². The second kappa shape index (κ2) is 43.0. The molecule has 0 nitrogen and oxygen atoms in total. The average Bonchev–Trinajstić information content (AvgIpc) is 1.10. The standard InChI is InChI=1S/C94H110/c1-9-17-25-27-29-31-33-75-41-45-77(46-42-75)57-63-89-69-85(37-21-13-5)91(71-83(89)35-19-11-3)65-59-79-49-53-81(54-50-79)61-67-93-73-88(40-24-16-8)94(74-87(93)39-23-15-7)68-62-82-55-51-80(52-56-82)60-66-92-72-84(36-20-12-4)90(70-86(92)38-22-14-6)64-58-78-47-43-76(44-48-78)34-32-30-28-26-18-10-2/h41-56,69-74H,9-40H2,1-8H3. The summed E-state index contributed by atoms with van der Waals surface area (Å²) in [6, 6.07) is 49.0. The van der Waals surface area contributed by atoms with Crippen LogP contribution in [0.3, 0.4) is 0 Å². The molecule has 0 heterocycles. The van der Waals surface area contributed by atoms with Gasteiger partial charge in [0.05, 0.1) is 0 Å². The van der Waals surface area contributed by atoms with Crippen LogP contribution in [0.15, 0.2) is 133 Å². The second-order valence-corrected chi connectivity index (χ2v) is 26.2. The molecule has 0 fully saturated rings. The number of unbranched alkanes of at least 4 members (excludes halogenated alkanes) is 16. The van der Waals surface area contributed by atoms with Gasteiger partial charge in [-0.25, -0.2) is 0 Å². The Morgan fingerprint density at radius 1 is 0.170 bits per heavy atom. The maximum atomic E-state index is 3.64. The maximum Gasteiger partial charge on any atom is 0.0284 e. The Labute approximate surface area is 573 Å². The zero-order valence-corrected chi connectivity index (χ0v) is 59.3. The first-order valence-electron chi connectivity index (χ1n) is 37.2. The molecule has 0 aliphatic carbocycles. The van der Waals surface area contributed by atoms with E-state index in [2.05, 4.69) is 260 Å². The van der Waals surface area contributed by atoms with E-state index < -0.39 is 0 Å². The Kier molecular flexibility index (Phi) is 33.5. The van der Waals surface area contributed by atoms with Crippen LogP contribution in [0.2, 0.25) is 0 Å². The van der Waals surface area contributed by atoms with Crippen LogP contribution >= 0.6 is 0 Å². The Morgan fingerprint density at radius 2 is 0.340 bits per heavy atom. The van der Waals surface area contributed by atoms with Crippen LogP contribution in [-0.2, 0) is 51.4 Å². The summed E-state index contributed by atoms with van der Waals surface area (Å²) in [5.41, 5.74) is 23.5. The van der Waals surface area contributed by atoms with Crippen molar-refractivity contribution >= 4 is 0 Å². The van der Waals surface area contributed by atoms with Crippen molar-refractivity contribution in [1.29, 1.82) is 0 Å². The minimum Gasteiger partial charge on any atom is -0.0654 e. The molecular formula is C94H110. The molecule has 0 saturated heterocycles. The lowest BCUT2D eigenvalue weighted by Crippen LogP contribution is -1.99.